The average molecular weight is 280 g/mol. The van der Waals surface area contributed by atoms with Gasteiger partial charge in [0.2, 0.25) is 5.88 Å². The Bertz CT molecular complexity index is 640. The second kappa shape index (κ2) is 5.86. The Labute approximate surface area is 115 Å². The maximum atomic E-state index is 11.4. The fourth-order valence-electron chi connectivity index (χ4n) is 1.58. The van der Waals surface area contributed by atoms with Crippen LogP contribution in [0.3, 0.4) is 0 Å². The highest BCUT2D eigenvalue weighted by Crippen LogP contribution is 2.25. The predicted octanol–water partition coefficient (Wildman–Crippen LogP) is 2.24. The summed E-state index contributed by atoms with van der Waals surface area (Å²) >= 11 is 6.04. The molecule has 0 radical (unpaired) electrons. The first-order valence-corrected chi connectivity index (χ1v) is 6.26. The number of nitrogens with two attached hydrogens (primary N) is 1. The molecule has 0 amide bonds. The monoisotopic (exact) mass is 279 g/mol. The van der Waals surface area contributed by atoms with Crippen molar-refractivity contribution in [3.63, 3.8) is 0 Å². The maximum absolute atomic E-state index is 11.4. The van der Waals surface area contributed by atoms with Gasteiger partial charge in [-0.2, -0.15) is 4.98 Å². The minimum absolute atomic E-state index is 0.244. The van der Waals surface area contributed by atoms with Crippen LogP contribution in [0.15, 0.2) is 29.1 Å². The first kappa shape index (κ1) is 13.6. The molecule has 0 fully saturated rings. The third kappa shape index (κ3) is 3.33. The number of hydrogen-bond donors (Lipinski definition) is 2. The smallest absolute Gasteiger partial charge is 0.254 e. The molecule has 1 heterocycles. The van der Waals surface area contributed by atoms with Crippen LogP contribution in [-0.2, 0) is 13.0 Å². The van der Waals surface area contributed by atoms with Gasteiger partial charge in [0.05, 0.1) is 6.07 Å². The summed E-state index contributed by atoms with van der Waals surface area (Å²) in [7, 11) is 0. The number of aromatic nitrogens is 2. The molecular weight excluding hydrogens is 266 g/mol. The molecule has 0 unspecified atom stereocenters. The first-order valence-electron chi connectivity index (χ1n) is 5.89. The molecule has 0 saturated carbocycles. The summed E-state index contributed by atoms with van der Waals surface area (Å²) in [6, 6.07) is 6.47. The van der Waals surface area contributed by atoms with Crippen molar-refractivity contribution < 1.29 is 4.74 Å². The average Bonchev–Trinajstić information content (AvgIpc) is 2.38. The molecule has 2 rings (SSSR count). The van der Waals surface area contributed by atoms with Crippen LogP contribution in [0.4, 0.5) is 0 Å². The summed E-state index contributed by atoms with van der Waals surface area (Å²) in [5.41, 5.74) is 6.12. The number of H-pyrrole nitrogens is 1. The van der Waals surface area contributed by atoms with E-state index in [0.29, 0.717) is 29.6 Å². The molecule has 6 heteroatoms. The number of rotatable bonds is 4. The lowest BCUT2D eigenvalue weighted by molar-refractivity contribution is 0.457. The second-order valence-electron chi connectivity index (χ2n) is 3.94. The number of aromatic amines is 1. The lowest BCUT2D eigenvalue weighted by Crippen LogP contribution is -2.10. The van der Waals surface area contributed by atoms with Gasteiger partial charge in [0, 0.05) is 18.0 Å². The Morgan fingerprint density at radius 2 is 2.21 bits per heavy atom. The highest BCUT2D eigenvalue weighted by Gasteiger charge is 2.05. The van der Waals surface area contributed by atoms with E-state index >= 15 is 0 Å². The lowest BCUT2D eigenvalue weighted by Gasteiger charge is -2.07. The molecule has 0 aliphatic heterocycles. The summed E-state index contributed by atoms with van der Waals surface area (Å²) in [4.78, 5) is 18.2. The van der Waals surface area contributed by atoms with Gasteiger partial charge in [-0.3, -0.25) is 4.79 Å². The first-order chi connectivity index (χ1) is 9.12. The van der Waals surface area contributed by atoms with Crippen LogP contribution in [-0.4, -0.2) is 9.97 Å². The highest BCUT2D eigenvalue weighted by atomic mass is 35.5. The number of nitrogens with zero attached hydrogens (tertiary/aromatic N) is 1. The van der Waals surface area contributed by atoms with E-state index in [0.717, 1.165) is 5.56 Å². The molecule has 0 atom stereocenters. The van der Waals surface area contributed by atoms with Crippen molar-refractivity contribution in [2.45, 2.75) is 19.9 Å². The number of halogens is 1. The fourth-order valence-corrected chi connectivity index (χ4v) is 1.83. The van der Waals surface area contributed by atoms with Crippen molar-refractivity contribution in [1.82, 2.24) is 9.97 Å². The summed E-state index contributed by atoms with van der Waals surface area (Å²) in [5, 5.41) is 0.528. The number of nitrogens with one attached hydrogen (secondary N) is 1. The quantitative estimate of drug-likeness (QED) is 0.899. The van der Waals surface area contributed by atoms with Crippen LogP contribution in [0.2, 0.25) is 5.02 Å². The Kier molecular flexibility index (Phi) is 4.19. The van der Waals surface area contributed by atoms with Gasteiger partial charge in [0.15, 0.2) is 0 Å². The van der Waals surface area contributed by atoms with Gasteiger partial charge in [0.25, 0.3) is 5.56 Å². The Morgan fingerprint density at radius 1 is 1.42 bits per heavy atom. The molecule has 5 nitrogen and oxygen atoms in total. The fraction of sp³-hybridized carbons (Fsp3) is 0.231. The topological polar surface area (TPSA) is 81.0 Å². The van der Waals surface area contributed by atoms with E-state index in [1.807, 2.05) is 6.92 Å². The lowest BCUT2D eigenvalue weighted by atomic mass is 10.2. The zero-order valence-corrected chi connectivity index (χ0v) is 11.2. The minimum atomic E-state index is -0.244. The van der Waals surface area contributed by atoms with Gasteiger partial charge in [-0.1, -0.05) is 24.6 Å². The molecular formula is C13H14ClN3O2. The molecule has 0 bridgehead atoms. The number of ether oxygens (including phenoxy) is 1. The second-order valence-corrected chi connectivity index (χ2v) is 4.35. The van der Waals surface area contributed by atoms with Gasteiger partial charge in [-0.25, -0.2) is 0 Å². The van der Waals surface area contributed by atoms with E-state index in [-0.39, 0.29) is 11.4 Å². The van der Waals surface area contributed by atoms with E-state index < -0.39 is 0 Å². The normalized spacial score (nSPS) is 10.5. The van der Waals surface area contributed by atoms with Gasteiger partial charge in [-0.15, -0.1) is 0 Å². The largest absolute Gasteiger partial charge is 0.439 e. The van der Waals surface area contributed by atoms with E-state index in [1.54, 1.807) is 18.2 Å². The van der Waals surface area contributed by atoms with Crippen LogP contribution in [0.1, 0.15) is 18.3 Å². The van der Waals surface area contributed by atoms with E-state index in [2.05, 4.69) is 9.97 Å². The third-order valence-electron chi connectivity index (χ3n) is 2.57. The molecule has 0 aliphatic rings. The Morgan fingerprint density at radius 3 is 2.84 bits per heavy atom. The standard InChI is InChI=1S/C13H14ClN3O2/c1-2-11-16-12(18)6-13(17-11)19-9-4-3-8(7-15)10(14)5-9/h3-6H,2,7,15H2,1H3,(H,16,17,18). The summed E-state index contributed by atoms with van der Waals surface area (Å²) in [6.07, 6.45) is 0.624. The maximum Gasteiger partial charge on any atom is 0.254 e. The van der Waals surface area contributed by atoms with E-state index in [9.17, 15) is 4.79 Å². The number of hydrogen-bond acceptors (Lipinski definition) is 4. The van der Waals surface area contributed by atoms with Crippen LogP contribution in [0, 0.1) is 0 Å². The molecule has 2 aromatic rings. The zero-order chi connectivity index (χ0) is 13.8. The summed E-state index contributed by atoms with van der Waals surface area (Å²) in [5.74, 6) is 1.34. The molecule has 3 N–H and O–H groups in total. The summed E-state index contributed by atoms with van der Waals surface area (Å²) in [6.45, 7) is 2.26. The van der Waals surface area contributed by atoms with Crippen molar-refractivity contribution in [1.29, 1.82) is 0 Å². The van der Waals surface area contributed by atoms with Gasteiger partial charge >= 0.3 is 0 Å². The summed E-state index contributed by atoms with van der Waals surface area (Å²) < 4.78 is 5.53. The Hall–Kier alpha value is -1.85. The number of benzene rings is 1. The molecule has 1 aromatic heterocycles. The van der Waals surface area contributed by atoms with Crippen LogP contribution < -0.4 is 16.0 Å². The van der Waals surface area contributed by atoms with Crippen molar-refractivity contribution in [2.24, 2.45) is 5.73 Å². The zero-order valence-electron chi connectivity index (χ0n) is 10.4. The van der Waals surface area contributed by atoms with E-state index in [4.69, 9.17) is 22.1 Å². The highest BCUT2D eigenvalue weighted by molar-refractivity contribution is 6.31. The van der Waals surface area contributed by atoms with Crippen molar-refractivity contribution in [3.05, 3.63) is 51.0 Å². The van der Waals surface area contributed by atoms with Crippen LogP contribution >= 0.6 is 11.6 Å². The Balaban J connectivity index is 2.28. The minimum Gasteiger partial charge on any atom is -0.439 e. The van der Waals surface area contributed by atoms with Gasteiger partial charge in [-0.05, 0) is 17.7 Å². The van der Waals surface area contributed by atoms with E-state index in [1.165, 1.54) is 6.07 Å². The third-order valence-corrected chi connectivity index (χ3v) is 2.92. The van der Waals surface area contributed by atoms with Crippen molar-refractivity contribution in [2.75, 3.05) is 0 Å². The van der Waals surface area contributed by atoms with Crippen LogP contribution in [0.25, 0.3) is 0 Å². The number of aryl methyl sites for hydroxylation is 1. The van der Waals surface area contributed by atoms with Crippen molar-refractivity contribution in [3.8, 4) is 11.6 Å². The molecule has 19 heavy (non-hydrogen) atoms. The van der Waals surface area contributed by atoms with Gasteiger partial charge in [0.1, 0.15) is 11.6 Å². The molecule has 0 aliphatic carbocycles. The predicted molar refractivity (Wildman–Crippen MR) is 73.7 cm³/mol. The van der Waals surface area contributed by atoms with Crippen LogP contribution in [0.5, 0.6) is 11.6 Å². The van der Waals surface area contributed by atoms with Crippen molar-refractivity contribution >= 4 is 11.6 Å². The van der Waals surface area contributed by atoms with Gasteiger partial charge < -0.3 is 15.5 Å². The SMILES string of the molecule is CCc1nc(Oc2ccc(CN)c(Cl)c2)cc(=O)[nH]1. The molecule has 0 spiro atoms. The molecule has 1 aromatic carbocycles. The molecule has 0 saturated heterocycles. The molecule has 100 valence electrons.